The molecule has 2 heterocycles. The summed E-state index contributed by atoms with van der Waals surface area (Å²) in [4.78, 5) is 6.59. The molecule has 1 aromatic rings. The third-order valence-corrected chi connectivity index (χ3v) is 2.69. The van der Waals surface area contributed by atoms with Crippen LogP contribution in [0.15, 0.2) is 24.4 Å². The molecule has 1 aliphatic heterocycles. The number of hydrogen-bond acceptors (Lipinski definition) is 4. The molecule has 1 fully saturated rings. The largest absolute Gasteiger partial charge is 0.378 e. The van der Waals surface area contributed by atoms with Crippen molar-refractivity contribution in [3.63, 3.8) is 0 Å². The van der Waals surface area contributed by atoms with Gasteiger partial charge in [0.25, 0.3) is 0 Å². The first kappa shape index (κ1) is 11.5. The second kappa shape index (κ2) is 5.94. The Morgan fingerprint density at radius 2 is 2.50 bits per heavy atom. The number of nitrogens with one attached hydrogen (secondary N) is 1. The van der Waals surface area contributed by atoms with Crippen LogP contribution in [0.1, 0.15) is 5.69 Å². The number of hydrogen-bond donors (Lipinski definition) is 1. The highest BCUT2D eigenvalue weighted by atomic mass is 16.5. The van der Waals surface area contributed by atoms with Gasteiger partial charge in [-0.1, -0.05) is 6.07 Å². The first-order chi connectivity index (χ1) is 7.84. The van der Waals surface area contributed by atoms with Gasteiger partial charge in [0.2, 0.25) is 0 Å². The summed E-state index contributed by atoms with van der Waals surface area (Å²) in [6.45, 7) is 4.49. The summed E-state index contributed by atoms with van der Waals surface area (Å²) in [5.41, 5.74) is 1.11. The van der Waals surface area contributed by atoms with Crippen LogP contribution in [0, 0.1) is 0 Å². The lowest BCUT2D eigenvalue weighted by atomic mass is 10.2. The highest BCUT2D eigenvalue weighted by Crippen LogP contribution is 2.01. The van der Waals surface area contributed by atoms with Gasteiger partial charge >= 0.3 is 0 Å². The molecule has 1 atom stereocenters. The SMILES string of the molecule is CN(Cc1ccccn1)CC1COCCN1. The van der Waals surface area contributed by atoms with Crippen LogP contribution in [0.4, 0.5) is 0 Å². The number of nitrogens with zero attached hydrogens (tertiary/aromatic N) is 2. The van der Waals surface area contributed by atoms with Crippen LogP contribution in [-0.2, 0) is 11.3 Å². The Balaban J connectivity index is 1.77. The van der Waals surface area contributed by atoms with Gasteiger partial charge in [-0.3, -0.25) is 9.88 Å². The fraction of sp³-hybridized carbons (Fsp3) is 0.583. The molecule has 0 aliphatic carbocycles. The van der Waals surface area contributed by atoms with Crippen molar-refractivity contribution in [3.8, 4) is 0 Å². The molecule has 4 heteroatoms. The van der Waals surface area contributed by atoms with Crippen LogP contribution < -0.4 is 5.32 Å². The van der Waals surface area contributed by atoms with E-state index in [1.165, 1.54) is 0 Å². The van der Waals surface area contributed by atoms with E-state index < -0.39 is 0 Å². The van der Waals surface area contributed by atoms with Gasteiger partial charge in [-0.2, -0.15) is 0 Å². The van der Waals surface area contributed by atoms with Crippen molar-refractivity contribution in [1.82, 2.24) is 15.2 Å². The molecule has 1 aromatic heterocycles. The van der Waals surface area contributed by atoms with E-state index in [-0.39, 0.29) is 0 Å². The van der Waals surface area contributed by atoms with Crippen molar-refractivity contribution in [2.24, 2.45) is 0 Å². The monoisotopic (exact) mass is 221 g/mol. The molecule has 0 aromatic carbocycles. The van der Waals surface area contributed by atoms with E-state index in [2.05, 4.69) is 28.3 Å². The molecule has 1 aliphatic rings. The Kier molecular flexibility index (Phi) is 4.27. The van der Waals surface area contributed by atoms with Crippen molar-refractivity contribution >= 4 is 0 Å². The lowest BCUT2D eigenvalue weighted by molar-refractivity contribution is 0.0643. The van der Waals surface area contributed by atoms with Gasteiger partial charge in [0, 0.05) is 31.9 Å². The number of morpholine rings is 1. The summed E-state index contributed by atoms with van der Waals surface area (Å²) < 4.78 is 5.43. The maximum Gasteiger partial charge on any atom is 0.0632 e. The van der Waals surface area contributed by atoms with Crippen LogP contribution >= 0.6 is 0 Å². The minimum atomic E-state index is 0.447. The zero-order valence-corrected chi connectivity index (χ0v) is 9.72. The zero-order valence-electron chi connectivity index (χ0n) is 9.72. The van der Waals surface area contributed by atoms with E-state index in [1.54, 1.807) is 0 Å². The molecular formula is C12H19N3O. The zero-order chi connectivity index (χ0) is 11.2. The highest BCUT2D eigenvalue weighted by molar-refractivity contribution is 5.03. The average Bonchev–Trinajstić information content (AvgIpc) is 2.31. The van der Waals surface area contributed by atoms with Crippen molar-refractivity contribution < 1.29 is 4.74 Å². The summed E-state index contributed by atoms with van der Waals surface area (Å²) in [5, 5.41) is 3.45. The van der Waals surface area contributed by atoms with E-state index >= 15 is 0 Å². The first-order valence-electron chi connectivity index (χ1n) is 5.74. The summed E-state index contributed by atoms with van der Waals surface area (Å²) >= 11 is 0. The first-order valence-corrected chi connectivity index (χ1v) is 5.74. The van der Waals surface area contributed by atoms with Crippen molar-refractivity contribution in [1.29, 1.82) is 0 Å². The third-order valence-electron chi connectivity index (χ3n) is 2.69. The highest BCUT2D eigenvalue weighted by Gasteiger charge is 2.14. The van der Waals surface area contributed by atoms with Gasteiger partial charge in [-0.05, 0) is 19.2 Å². The molecular weight excluding hydrogens is 202 g/mol. The fourth-order valence-electron chi connectivity index (χ4n) is 1.95. The second-order valence-corrected chi connectivity index (χ2v) is 4.24. The number of rotatable bonds is 4. The number of aromatic nitrogens is 1. The maximum atomic E-state index is 5.43. The van der Waals surface area contributed by atoms with E-state index in [0.29, 0.717) is 6.04 Å². The number of pyridine rings is 1. The molecule has 2 rings (SSSR count). The predicted octanol–water partition coefficient (Wildman–Crippen LogP) is 0.502. The Morgan fingerprint density at radius 3 is 3.19 bits per heavy atom. The minimum absolute atomic E-state index is 0.447. The molecule has 1 N–H and O–H groups in total. The van der Waals surface area contributed by atoms with Crippen molar-refractivity contribution in [2.45, 2.75) is 12.6 Å². The molecule has 0 radical (unpaired) electrons. The van der Waals surface area contributed by atoms with Crippen LogP contribution in [0.2, 0.25) is 0 Å². The molecule has 1 unspecified atom stereocenters. The topological polar surface area (TPSA) is 37.4 Å². The second-order valence-electron chi connectivity index (χ2n) is 4.24. The molecule has 0 bridgehead atoms. The van der Waals surface area contributed by atoms with Crippen molar-refractivity contribution in [2.75, 3.05) is 33.4 Å². The molecule has 88 valence electrons. The smallest absolute Gasteiger partial charge is 0.0632 e. The van der Waals surface area contributed by atoms with Crippen LogP contribution in [0.3, 0.4) is 0 Å². The minimum Gasteiger partial charge on any atom is -0.378 e. The molecule has 0 amide bonds. The van der Waals surface area contributed by atoms with E-state index in [0.717, 1.165) is 38.5 Å². The fourth-order valence-corrected chi connectivity index (χ4v) is 1.95. The third kappa shape index (κ3) is 3.56. The Bertz CT molecular complexity index is 298. The predicted molar refractivity (Wildman–Crippen MR) is 63.2 cm³/mol. The van der Waals surface area contributed by atoms with E-state index in [9.17, 15) is 0 Å². The quantitative estimate of drug-likeness (QED) is 0.803. The van der Waals surface area contributed by atoms with Gasteiger partial charge in [0.1, 0.15) is 0 Å². The Labute approximate surface area is 96.6 Å². The van der Waals surface area contributed by atoms with E-state index in [1.807, 2.05) is 18.3 Å². The normalized spacial score (nSPS) is 21.2. The number of likely N-dealkylation sites (N-methyl/N-ethyl adjacent to an activating group) is 1. The van der Waals surface area contributed by atoms with Crippen LogP contribution in [0.25, 0.3) is 0 Å². The lowest BCUT2D eigenvalue weighted by Gasteiger charge is -2.28. The van der Waals surface area contributed by atoms with Crippen LogP contribution in [-0.4, -0.2) is 49.3 Å². The van der Waals surface area contributed by atoms with Crippen LogP contribution in [0.5, 0.6) is 0 Å². The maximum absolute atomic E-state index is 5.43. The summed E-state index contributed by atoms with van der Waals surface area (Å²) in [5.74, 6) is 0. The molecule has 0 spiro atoms. The average molecular weight is 221 g/mol. The summed E-state index contributed by atoms with van der Waals surface area (Å²) in [6.07, 6.45) is 1.84. The van der Waals surface area contributed by atoms with E-state index in [4.69, 9.17) is 4.74 Å². The van der Waals surface area contributed by atoms with Gasteiger partial charge in [-0.25, -0.2) is 0 Å². The summed E-state index contributed by atoms with van der Waals surface area (Å²) in [7, 11) is 2.12. The number of ether oxygens (including phenoxy) is 1. The molecule has 16 heavy (non-hydrogen) atoms. The standard InChI is InChI=1S/C12H19N3O/c1-15(8-11-4-2-3-5-13-11)9-12-10-16-7-6-14-12/h2-5,12,14H,6-10H2,1H3. The summed E-state index contributed by atoms with van der Waals surface area (Å²) in [6, 6.07) is 6.47. The Morgan fingerprint density at radius 1 is 1.56 bits per heavy atom. The molecule has 4 nitrogen and oxygen atoms in total. The van der Waals surface area contributed by atoms with Gasteiger partial charge in [-0.15, -0.1) is 0 Å². The molecule has 0 saturated carbocycles. The van der Waals surface area contributed by atoms with Gasteiger partial charge < -0.3 is 10.1 Å². The molecule has 1 saturated heterocycles. The Hall–Kier alpha value is -0.970. The lowest BCUT2D eigenvalue weighted by Crippen LogP contribution is -2.47. The van der Waals surface area contributed by atoms with Gasteiger partial charge in [0.15, 0.2) is 0 Å². The van der Waals surface area contributed by atoms with Crippen molar-refractivity contribution in [3.05, 3.63) is 30.1 Å². The van der Waals surface area contributed by atoms with Gasteiger partial charge in [0.05, 0.1) is 18.9 Å².